The number of benzene rings is 1. The zero-order valence-corrected chi connectivity index (χ0v) is 11.6. The largest absolute Gasteiger partial charge is 0.573 e. The van der Waals surface area contributed by atoms with E-state index >= 15 is 0 Å². The van der Waals surface area contributed by atoms with Crippen LogP contribution in [0.3, 0.4) is 0 Å². The molecule has 0 bridgehead atoms. The minimum absolute atomic E-state index is 0.0577. The van der Waals surface area contributed by atoms with Crippen molar-refractivity contribution in [2.75, 3.05) is 5.73 Å². The highest BCUT2D eigenvalue weighted by molar-refractivity contribution is 5.52. The molecule has 1 aliphatic carbocycles. The lowest BCUT2D eigenvalue weighted by Crippen LogP contribution is -2.25. The lowest BCUT2D eigenvalue weighted by molar-refractivity contribution is -0.274. The van der Waals surface area contributed by atoms with E-state index in [4.69, 9.17) is 5.73 Å². The average molecular weight is 307 g/mol. The minimum atomic E-state index is -4.69. The van der Waals surface area contributed by atoms with Gasteiger partial charge in [0.2, 0.25) is 0 Å². The first-order valence-corrected chi connectivity index (χ1v) is 6.86. The zero-order valence-electron chi connectivity index (χ0n) is 11.6. The van der Waals surface area contributed by atoms with Crippen LogP contribution in [0, 0.1) is 5.92 Å². The van der Waals surface area contributed by atoms with E-state index in [1.807, 2.05) is 0 Å². The van der Waals surface area contributed by atoms with Crippen molar-refractivity contribution in [1.29, 1.82) is 0 Å². The molecule has 3 rings (SSSR count). The summed E-state index contributed by atoms with van der Waals surface area (Å²) in [4.78, 5) is 4.30. The second-order valence-electron chi connectivity index (χ2n) is 5.17. The number of anilines is 1. The fourth-order valence-corrected chi connectivity index (χ4v) is 2.69. The molecule has 1 saturated carbocycles. The van der Waals surface area contributed by atoms with Crippen LogP contribution in [0.4, 0.5) is 18.9 Å². The van der Waals surface area contributed by atoms with Gasteiger partial charge in [0.1, 0.15) is 5.75 Å². The Morgan fingerprint density at radius 2 is 2.00 bits per heavy atom. The summed E-state index contributed by atoms with van der Waals surface area (Å²) >= 11 is 0. The molecule has 1 fully saturated rings. The van der Waals surface area contributed by atoms with Crippen molar-refractivity contribution in [3.63, 3.8) is 0 Å². The Kier molecular flexibility index (Phi) is 3.68. The summed E-state index contributed by atoms with van der Waals surface area (Å²) in [7, 11) is 0. The molecule has 1 aromatic carbocycles. The van der Waals surface area contributed by atoms with E-state index < -0.39 is 6.36 Å². The van der Waals surface area contributed by atoms with E-state index in [1.165, 1.54) is 12.1 Å². The van der Waals surface area contributed by atoms with Crippen molar-refractivity contribution in [2.45, 2.75) is 25.1 Å². The van der Waals surface area contributed by atoms with Crippen LogP contribution in [-0.4, -0.2) is 11.3 Å². The quantitative estimate of drug-likeness (QED) is 0.930. The molecule has 0 amide bonds. The molecule has 1 unspecified atom stereocenters. The number of hydrogen-bond donors (Lipinski definition) is 1. The van der Waals surface area contributed by atoms with E-state index in [-0.39, 0.29) is 11.7 Å². The van der Waals surface area contributed by atoms with Crippen LogP contribution in [0.2, 0.25) is 0 Å². The van der Waals surface area contributed by atoms with Crippen LogP contribution in [0.5, 0.6) is 5.75 Å². The fraction of sp³-hybridized carbons (Fsp3) is 0.250. The summed E-state index contributed by atoms with van der Waals surface area (Å²) in [6, 6.07) is 9.58. The molecule has 0 saturated heterocycles. The lowest BCUT2D eigenvalue weighted by Gasteiger charge is -2.36. The van der Waals surface area contributed by atoms with E-state index in [2.05, 4.69) is 9.72 Å². The Hall–Kier alpha value is -2.24. The van der Waals surface area contributed by atoms with Crippen molar-refractivity contribution < 1.29 is 17.9 Å². The molecule has 0 spiro atoms. The topological polar surface area (TPSA) is 48.1 Å². The van der Waals surface area contributed by atoms with Crippen LogP contribution in [-0.2, 0) is 0 Å². The van der Waals surface area contributed by atoms with E-state index in [0.717, 1.165) is 30.0 Å². The van der Waals surface area contributed by atoms with Crippen molar-refractivity contribution in [3.8, 4) is 5.75 Å². The molecule has 115 valence electrons. The van der Waals surface area contributed by atoms with Gasteiger partial charge in [-0.25, -0.2) is 0 Å². The van der Waals surface area contributed by atoms with E-state index in [1.54, 1.807) is 30.5 Å². The molecule has 0 aliphatic heterocycles. The highest BCUT2D eigenvalue weighted by atomic mass is 19.4. The van der Waals surface area contributed by atoms with Crippen LogP contribution in [0.1, 0.15) is 30.0 Å². The summed E-state index contributed by atoms with van der Waals surface area (Å²) < 4.78 is 40.9. The van der Waals surface area contributed by atoms with Crippen molar-refractivity contribution in [2.24, 2.45) is 0 Å². The standard InChI is InChI=1S/C16H14F3N2O/c17-16(18,19)22-11-4-1-3-10(9-11)12-6-7-13(12)15-14(20)5-2-8-21-15/h1-5,8-9,13H,6-7,20H2. The summed E-state index contributed by atoms with van der Waals surface area (Å²) in [6.07, 6.45) is -1.31. The Bertz CT molecular complexity index is 672. The van der Waals surface area contributed by atoms with Gasteiger partial charge in [-0.05, 0) is 42.7 Å². The second kappa shape index (κ2) is 5.51. The maximum atomic E-state index is 12.3. The maximum absolute atomic E-state index is 12.3. The van der Waals surface area contributed by atoms with Gasteiger partial charge in [-0.1, -0.05) is 12.1 Å². The van der Waals surface area contributed by atoms with E-state index in [9.17, 15) is 13.2 Å². The third-order valence-electron chi connectivity index (χ3n) is 3.76. The SMILES string of the molecule is Nc1cccnc1C1CC[C]1c1cccc(OC(F)(F)F)c1. The van der Waals surface area contributed by atoms with Crippen molar-refractivity contribution in [1.82, 2.24) is 4.98 Å². The monoisotopic (exact) mass is 307 g/mol. The first-order valence-electron chi connectivity index (χ1n) is 6.86. The molecular formula is C16H14F3N2O. The van der Waals surface area contributed by atoms with Gasteiger partial charge in [0.25, 0.3) is 0 Å². The molecule has 1 aromatic heterocycles. The van der Waals surface area contributed by atoms with Crippen LogP contribution in [0.25, 0.3) is 0 Å². The fourth-order valence-electron chi connectivity index (χ4n) is 2.69. The molecule has 1 heterocycles. The first-order chi connectivity index (χ1) is 10.4. The number of alkyl halides is 3. The average Bonchev–Trinajstić information content (AvgIpc) is 2.38. The number of rotatable bonds is 3. The molecule has 1 aliphatic rings. The lowest BCUT2D eigenvalue weighted by atomic mass is 9.68. The van der Waals surface area contributed by atoms with Crippen molar-refractivity contribution in [3.05, 3.63) is 59.8 Å². The summed E-state index contributed by atoms with van der Waals surface area (Å²) in [6.45, 7) is 0. The Balaban J connectivity index is 1.83. The van der Waals surface area contributed by atoms with Gasteiger partial charge in [0, 0.05) is 18.0 Å². The number of pyridine rings is 1. The van der Waals surface area contributed by atoms with Gasteiger partial charge in [0.15, 0.2) is 0 Å². The third-order valence-corrected chi connectivity index (χ3v) is 3.76. The van der Waals surface area contributed by atoms with E-state index in [0.29, 0.717) is 5.69 Å². The van der Waals surface area contributed by atoms with Gasteiger partial charge in [-0.15, -0.1) is 13.2 Å². The number of halogens is 3. The van der Waals surface area contributed by atoms with Gasteiger partial charge >= 0.3 is 6.36 Å². The summed E-state index contributed by atoms with van der Waals surface area (Å²) in [5, 5.41) is 0. The predicted octanol–water partition coefficient (Wildman–Crippen LogP) is 4.06. The van der Waals surface area contributed by atoms with Gasteiger partial charge in [0.05, 0.1) is 11.4 Å². The number of nitrogens with two attached hydrogens (primary N) is 1. The molecule has 2 aromatic rings. The maximum Gasteiger partial charge on any atom is 0.573 e. The molecule has 1 radical (unpaired) electrons. The van der Waals surface area contributed by atoms with Gasteiger partial charge < -0.3 is 10.5 Å². The van der Waals surface area contributed by atoms with Crippen LogP contribution >= 0.6 is 0 Å². The number of nitrogens with zero attached hydrogens (tertiary/aromatic N) is 1. The smallest absolute Gasteiger partial charge is 0.406 e. The van der Waals surface area contributed by atoms with Crippen LogP contribution in [0.15, 0.2) is 42.6 Å². The van der Waals surface area contributed by atoms with Crippen molar-refractivity contribution >= 4 is 5.69 Å². The zero-order chi connectivity index (χ0) is 15.7. The normalized spacial score (nSPS) is 18.8. The molecule has 2 N–H and O–H groups in total. The summed E-state index contributed by atoms with van der Waals surface area (Å²) in [5.41, 5.74) is 8.06. The molecular weight excluding hydrogens is 293 g/mol. The third kappa shape index (κ3) is 3.00. The molecule has 22 heavy (non-hydrogen) atoms. The van der Waals surface area contributed by atoms with Crippen LogP contribution < -0.4 is 10.5 Å². The number of aromatic nitrogens is 1. The minimum Gasteiger partial charge on any atom is -0.406 e. The Morgan fingerprint density at radius 1 is 1.18 bits per heavy atom. The Labute approximate surface area is 125 Å². The number of hydrogen-bond acceptors (Lipinski definition) is 3. The predicted molar refractivity (Wildman–Crippen MR) is 76.1 cm³/mol. The second-order valence-corrected chi connectivity index (χ2v) is 5.17. The number of ether oxygens (including phenoxy) is 1. The highest BCUT2D eigenvalue weighted by Crippen LogP contribution is 2.49. The molecule has 3 nitrogen and oxygen atoms in total. The van der Waals surface area contributed by atoms with Gasteiger partial charge in [-0.2, -0.15) is 0 Å². The number of nitrogen functional groups attached to an aromatic ring is 1. The summed E-state index contributed by atoms with van der Waals surface area (Å²) in [5.74, 6) is 0.887. The van der Waals surface area contributed by atoms with Gasteiger partial charge in [-0.3, -0.25) is 4.98 Å². The molecule has 6 heteroatoms. The highest BCUT2D eigenvalue weighted by Gasteiger charge is 2.37. The Morgan fingerprint density at radius 3 is 2.64 bits per heavy atom. The first kappa shape index (κ1) is 14.7. The molecule has 1 atom stereocenters.